The summed E-state index contributed by atoms with van der Waals surface area (Å²) in [7, 11) is 1.18. The highest BCUT2D eigenvalue weighted by molar-refractivity contribution is 8.12. The van der Waals surface area contributed by atoms with Crippen LogP contribution in [0.25, 0.3) is 0 Å². The van der Waals surface area contributed by atoms with Crippen LogP contribution in [-0.4, -0.2) is 20.4 Å². The molecule has 2 atom stereocenters. The molecule has 0 aromatic carbocycles. The van der Waals surface area contributed by atoms with Gasteiger partial charge in [0, 0.05) is 10.7 Å². The lowest BCUT2D eigenvalue weighted by Gasteiger charge is -2.20. The number of halogens is 1. The van der Waals surface area contributed by atoms with Gasteiger partial charge in [-0.1, -0.05) is 6.08 Å². The van der Waals surface area contributed by atoms with E-state index in [1.807, 2.05) is 12.2 Å². The van der Waals surface area contributed by atoms with Crippen LogP contribution in [0.2, 0.25) is 0 Å². The van der Waals surface area contributed by atoms with Gasteiger partial charge in [-0.25, -0.2) is 0 Å². The normalized spacial score (nSPS) is 34.2. The van der Waals surface area contributed by atoms with E-state index in [1.54, 1.807) is 0 Å². The van der Waals surface area contributed by atoms with Gasteiger partial charge in [-0.15, -0.1) is 4.40 Å². The van der Waals surface area contributed by atoms with E-state index in [2.05, 4.69) is 4.40 Å². The summed E-state index contributed by atoms with van der Waals surface area (Å²) >= 11 is 0. The van der Waals surface area contributed by atoms with E-state index >= 15 is 0 Å². The Morgan fingerprint density at radius 1 is 1.43 bits per heavy atom. The Kier molecular flexibility index (Phi) is 2.53. The molecule has 6 heteroatoms. The van der Waals surface area contributed by atoms with Crippen LogP contribution in [0.3, 0.4) is 0 Å². The van der Waals surface area contributed by atoms with Gasteiger partial charge in [-0.3, -0.25) is 0 Å². The maximum Gasteiger partial charge on any atom is 0.342 e. The minimum absolute atomic E-state index is 0.0257. The minimum atomic E-state index is -3.86. The highest BCUT2D eigenvalue weighted by Crippen LogP contribution is 2.28. The molecule has 0 amide bonds. The molecule has 14 heavy (non-hydrogen) atoms. The number of nitrogens with zero attached hydrogens (tertiary/aromatic N) is 1. The molecule has 2 bridgehead atoms. The van der Waals surface area contributed by atoms with E-state index in [9.17, 15) is 8.42 Å². The zero-order chi connectivity index (χ0) is 10.2. The van der Waals surface area contributed by atoms with Gasteiger partial charge in [-0.05, 0) is 25.3 Å². The molecule has 0 N–H and O–H groups in total. The summed E-state index contributed by atoms with van der Waals surface area (Å²) in [6.07, 6.45) is 6.67. The van der Waals surface area contributed by atoms with Crippen molar-refractivity contribution in [3.8, 4) is 0 Å². The summed E-state index contributed by atoms with van der Waals surface area (Å²) in [5, 5.41) is 0. The lowest BCUT2D eigenvalue weighted by molar-refractivity contribution is 0.220. The van der Waals surface area contributed by atoms with Crippen LogP contribution < -0.4 is 0 Å². The van der Waals surface area contributed by atoms with Crippen LogP contribution >= 0.6 is 10.7 Å². The van der Waals surface area contributed by atoms with Crippen LogP contribution in [0.1, 0.15) is 19.3 Å². The van der Waals surface area contributed by atoms with Gasteiger partial charge in [0.25, 0.3) is 0 Å². The van der Waals surface area contributed by atoms with Crippen molar-refractivity contribution in [3.63, 3.8) is 0 Å². The predicted octanol–water partition coefficient (Wildman–Crippen LogP) is 1.62. The van der Waals surface area contributed by atoms with E-state index in [-0.39, 0.29) is 17.9 Å². The third-order valence-corrected chi connectivity index (χ3v) is 2.96. The monoisotopic (exact) mass is 235 g/mol. The minimum Gasteiger partial charge on any atom is -0.472 e. The average Bonchev–Trinajstić information content (AvgIpc) is 2.34. The fraction of sp³-hybridized carbons (Fsp3) is 0.625. The highest BCUT2D eigenvalue weighted by atomic mass is 35.7. The summed E-state index contributed by atoms with van der Waals surface area (Å²) in [6, 6.07) is 0. The molecule has 0 aromatic heterocycles. The first-order chi connectivity index (χ1) is 6.54. The van der Waals surface area contributed by atoms with Crippen LogP contribution in [0, 0.1) is 5.92 Å². The van der Waals surface area contributed by atoms with Crippen LogP contribution in [0.5, 0.6) is 0 Å². The largest absolute Gasteiger partial charge is 0.472 e. The second-order valence-corrected chi connectivity index (χ2v) is 5.60. The van der Waals surface area contributed by atoms with E-state index in [1.165, 1.54) is 0 Å². The summed E-state index contributed by atoms with van der Waals surface area (Å²) in [4.78, 5) is 0. The fourth-order valence-corrected chi connectivity index (χ4v) is 2.33. The molecule has 2 heterocycles. The zero-order valence-electron chi connectivity index (χ0n) is 7.39. The van der Waals surface area contributed by atoms with E-state index < -0.39 is 9.24 Å². The van der Waals surface area contributed by atoms with Crippen LogP contribution in [0.15, 0.2) is 16.5 Å². The van der Waals surface area contributed by atoms with Crippen molar-refractivity contribution in [3.05, 3.63) is 12.2 Å². The van der Waals surface area contributed by atoms with Crippen molar-refractivity contribution in [2.45, 2.75) is 25.4 Å². The Balaban J connectivity index is 2.31. The molecule has 2 unspecified atom stereocenters. The van der Waals surface area contributed by atoms with Crippen molar-refractivity contribution in [1.82, 2.24) is 0 Å². The first-order valence-corrected chi connectivity index (χ1v) is 6.71. The van der Waals surface area contributed by atoms with Gasteiger partial charge in [0.1, 0.15) is 6.10 Å². The third-order valence-electron chi connectivity index (χ3n) is 2.35. The Hall–Kier alpha value is -0.550. The molecule has 2 aliphatic heterocycles. The number of hydrogen-bond donors (Lipinski definition) is 0. The first kappa shape index (κ1) is 9.98. The van der Waals surface area contributed by atoms with E-state index in [4.69, 9.17) is 15.4 Å². The van der Waals surface area contributed by atoms with Gasteiger partial charge in [0.15, 0.2) is 0 Å². The van der Waals surface area contributed by atoms with Gasteiger partial charge in [0.05, 0.1) is 5.92 Å². The summed E-state index contributed by atoms with van der Waals surface area (Å²) in [5.74, 6) is 0.215. The maximum absolute atomic E-state index is 10.8. The van der Waals surface area contributed by atoms with Crippen molar-refractivity contribution in [1.29, 1.82) is 0 Å². The summed E-state index contributed by atoms with van der Waals surface area (Å²) in [6.45, 7) is 0. The Bertz CT molecular complexity index is 387. The molecule has 0 radical (unpaired) electrons. The number of hydrogen-bond acceptors (Lipinski definition) is 3. The van der Waals surface area contributed by atoms with Crippen LogP contribution in [-0.2, 0) is 14.0 Å². The molecule has 0 spiro atoms. The molecule has 3 rings (SSSR count). The standard InChI is InChI=1S/C8H10ClNO3S/c9-14(11,12)10-8-6-2-1-3-7(13-8)5-4-6/h4-7H,1-3H2/b10-8+. The van der Waals surface area contributed by atoms with Gasteiger partial charge < -0.3 is 4.74 Å². The fourth-order valence-electron chi connectivity index (χ4n) is 1.73. The first-order valence-electron chi connectivity index (χ1n) is 4.44. The lowest BCUT2D eigenvalue weighted by atomic mass is 10.0. The third kappa shape index (κ3) is 2.27. The quantitative estimate of drug-likeness (QED) is 0.513. The molecule has 3 aliphatic rings. The number of fused-ring (bicyclic) bond motifs is 3. The van der Waals surface area contributed by atoms with Gasteiger partial charge in [0.2, 0.25) is 5.90 Å². The predicted molar refractivity (Wildman–Crippen MR) is 53.6 cm³/mol. The van der Waals surface area contributed by atoms with Crippen molar-refractivity contribution in [2.24, 2.45) is 10.3 Å². The number of rotatable bonds is 1. The summed E-state index contributed by atoms with van der Waals surface area (Å²) < 4.78 is 30.3. The molecule has 1 saturated heterocycles. The smallest absolute Gasteiger partial charge is 0.342 e. The lowest BCUT2D eigenvalue weighted by Crippen LogP contribution is -2.24. The molecule has 0 saturated carbocycles. The van der Waals surface area contributed by atoms with Crippen molar-refractivity contribution in [2.75, 3.05) is 0 Å². The van der Waals surface area contributed by atoms with Gasteiger partial charge in [-0.2, -0.15) is 8.42 Å². The zero-order valence-corrected chi connectivity index (χ0v) is 8.96. The molecule has 4 nitrogen and oxygen atoms in total. The topological polar surface area (TPSA) is 55.7 Å². The van der Waals surface area contributed by atoms with E-state index in [0.717, 1.165) is 19.3 Å². The van der Waals surface area contributed by atoms with Crippen molar-refractivity contribution < 1.29 is 13.2 Å². The molecular formula is C8H10ClNO3S. The second kappa shape index (κ2) is 3.55. The highest BCUT2D eigenvalue weighted by Gasteiger charge is 2.28. The average molecular weight is 236 g/mol. The molecule has 1 aliphatic carbocycles. The van der Waals surface area contributed by atoms with Crippen LogP contribution in [0.4, 0.5) is 0 Å². The Morgan fingerprint density at radius 2 is 2.21 bits per heavy atom. The van der Waals surface area contributed by atoms with Gasteiger partial charge >= 0.3 is 9.24 Å². The van der Waals surface area contributed by atoms with Crippen molar-refractivity contribution >= 4 is 25.8 Å². The SMILES string of the molecule is O=S(=O)(Cl)/N=C1/OC2C=CC1CCC2. The summed E-state index contributed by atoms with van der Waals surface area (Å²) in [5.41, 5.74) is 0. The number of ether oxygens (including phenoxy) is 1. The maximum atomic E-state index is 10.8. The van der Waals surface area contributed by atoms with E-state index in [0.29, 0.717) is 0 Å². The Labute approximate surface area is 87.2 Å². The Morgan fingerprint density at radius 3 is 2.93 bits per heavy atom. The molecular weight excluding hydrogens is 226 g/mol. The molecule has 78 valence electrons. The molecule has 0 aromatic rings. The molecule has 1 fully saturated rings. The second-order valence-electron chi connectivity index (χ2n) is 3.42.